The van der Waals surface area contributed by atoms with E-state index in [1.165, 1.54) is 42.1 Å². The summed E-state index contributed by atoms with van der Waals surface area (Å²) in [6.45, 7) is 0. The minimum Gasteiger partial charge on any atom is -0.456 e. The summed E-state index contributed by atoms with van der Waals surface area (Å²) in [7, 11) is 0. The number of thiophene rings is 1. The smallest absolute Gasteiger partial charge is 0.138 e. The van der Waals surface area contributed by atoms with Crippen LogP contribution >= 0.6 is 11.3 Å². The van der Waals surface area contributed by atoms with Crippen molar-refractivity contribution in [3.63, 3.8) is 0 Å². The highest BCUT2D eigenvalue weighted by Gasteiger charge is 2.26. The number of anilines is 3. The van der Waals surface area contributed by atoms with E-state index in [1.807, 2.05) is 11.3 Å². The number of rotatable bonds is 5. The van der Waals surface area contributed by atoms with Crippen molar-refractivity contribution in [2.75, 3.05) is 4.90 Å². The summed E-state index contributed by atoms with van der Waals surface area (Å²) in [6.07, 6.45) is 0. The van der Waals surface area contributed by atoms with Crippen LogP contribution in [0.3, 0.4) is 0 Å². The van der Waals surface area contributed by atoms with Crippen molar-refractivity contribution in [2.24, 2.45) is 0 Å². The fraction of sp³-hybridized carbons (Fsp3) is 0. The van der Waals surface area contributed by atoms with E-state index < -0.39 is 0 Å². The average Bonchev–Trinajstić information content (AvgIpc) is 3.88. The quantitative estimate of drug-likeness (QED) is 0.180. The highest BCUT2D eigenvalue weighted by Crippen LogP contribution is 2.49. The Balaban J connectivity index is 1.28. The third kappa shape index (κ3) is 4.38. The van der Waals surface area contributed by atoms with E-state index in [-0.39, 0.29) is 0 Å². The first-order chi connectivity index (χ1) is 25.8. The average molecular weight is 683 g/mol. The number of hydrogen-bond donors (Lipinski definition) is 0. The first-order valence-corrected chi connectivity index (χ1v) is 18.4. The first kappa shape index (κ1) is 29.1. The number of para-hydroxylation sites is 3. The lowest BCUT2D eigenvalue weighted by molar-refractivity contribution is 0.669. The molecule has 4 heteroatoms. The summed E-state index contributed by atoms with van der Waals surface area (Å²) in [5, 5.41) is 7.21. The van der Waals surface area contributed by atoms with Gasteiger partial charge in [0.15, 0.2) is 0 Å². The number of fused-ring (bicyclic) bond motifs is 10. The molecule has 0 amide bonds. The molecule has 3 heterocycles. The standard InChI is InChI=1S/C48H30N2OS/c1-3-13-31(14-4-1)32-23-25-34(26-24-32)49(35-27-28-37-36-17-9-12-22-44(36)52-45(37)29-35)41-30-43-46(39-19-8-11-21-42(39)51-43)47-38-18-7-10-20-40(38)50(48(41)47)33-15-5-2-6-16-33/h1-30H. The van der Waals surface area contributed by atoms with E-state index in [0.29, 0.717) is 0 Å². The van der Waals surface area contributed by atoms with Gasteiger partial charge in [0.05, 0.1) is 16.7 Å². The van der Waals surface area contributed by atoms with Gasteiger partial charge in [0, 0.05) is 64.8 Å². The zero-order valence-corrected chi connectivity index (χ0v) is 28.8. The van der Waals surface area contributed by atoms with Crippen molar-refractivity contribution in [2.45, 2.75) is 0 Å². The molecule has 0 atom stereocenters. The van der Waals surface area contributed by atoms with Crippen LogP contribution < -0.4 is 4.90 Å². The lowest BCUT2D eigenvalue weighted by atomic mass is 10.0. The fourth-order valence-electron chi connectivity index (χ4n) is 8.08. The normalized spacial score (nSPS) is 11.8. The summed E-state index contributed by atoms with van der Waals surface area (Å²) >= 11 is 1.85. The van der Waals surface area contributed by atoms with Crippen molar-refractivity contribution in [1.82, 2.24) is 4.57 Å². The molecule has 0 unspecified atom stereocenters. The summed E-state index contributed by atoms with van der Waals surface area (Å²) in [4.78, 5) is 2.42. The van der Waals surface area contributed by atoms with Crippen molar-refractivity contribution >= 4 is 92.3 Å². The molecule has 0 saturated carbocycles. The topological polar surface area (TPSA) is 21.3 Å². The highest BCUT2D eigenvalue weighted by molar-refractivity contribution is 7.25. The number of furan rings is 1. The Kier molecular flexibility index (Phi) is 6.42. The van der Waals surface area contributed by atoms with Gasteiger partial charge in [0.1, 0.15) is 11.2 Å². The number of nitrogens with zero attached hydrogens (tertiary/aromatic N) is 2. The number of benzene rings is 8. The SMILES string of the molecule is c1ccc(-c2ccc(N(c3ccc4c(c3)sc3ccccc34)c3cc4oc5ccccc5c4c4c5ccccc5n(-c5ccccc5)c34)cc2)cc1. The third-order valence-corrected chi connectivity index (χ3v) is 11.5. The molecule has 0 radical (unpaired) electrons. The lowest BCUT2D eigenvalue weighted by Gasteiger charge is -2.27. The molecular weight excluding hydrogens is 653 g/mol. The van der Waals surface area contributed by atoms with Gasteiger partial charge < -0.3 is 13.9 Å². The highest BCUT2D eigenvalue weighted by atomic mass is 32.1. The predicted octanol–water partition coefficient (Wildman–Crippen LogP) is 14.2. The van der Waals surface area contributed by atoms with E-state index >= 15 is 0 Å². The van der Waals surface area contributed by atoms with E-state index in [0.717, 1.165) is 55.7 Å². The molecule has 0 fully saturated rings. The molecular formula is C48H30N2OS. The van der Waals surface area contributed by atoms with Gasteiger partial charge in [-0.25, -0.2) is 0 Å². The third-order valence-electron chi connectivity index (χ3n) is 10.4. The largest absolute Gasteiger partial charge is 0.456 e. The van der Waals surface area contributed by atoms with Gasteiger partial charge in [-0.3, -0.25) is 0 Å². The number of aromatic nitrogens is 1. The summed E-state index contributed by atoms with van der Waals surface area (Å²) in [6, 6.07) is 65.4. The van der Waals surface area contributed by atoms with Crippen LogP contribution in [0, 0.1) is 0 Å². The van der Waals surface area contributed by atoms with Gasteiger partial charge in [-0.1, -0.05) is 121 Å². The van der Waals surface area contributed by atoms with Crippen LogP contribution in [0.25, 0.3) is 80.7 Å². The van der Waals surface area contributed by atoms with Gasteiger partial charge in [0.2, 0.25) is 0 Å². The van der Waals surface area contributed by atoms with Crippen LogP contribution in [-0.4, -0.2) is 4.57 Å². The minimum absolute atomic E-state index is 0.869. The Morgan fingerprint density at radius 3 is 1.90 bits per heavy atom. The maximum atomic E-state index is 6.74. The molecule has 0 N–H and O–H groups in total. The predicted molar refractivity (Wildman–Crippen MR) is 221 cm³/mol. The van der Waals surface area contributed by atoms with Gasteiger partial charge in [-0.15, -0.1) is 11.3 Å². The Hall–Kier alpha value is -6.62. The van der Waals surface area contributed by atoms with Crippen molar-refractivity contribution < 1.29 is 4.42 Å². The first-order valence-electron chi connectivity index (χ1n) is 17.6. The van der Waals surface area contributed by atoms with Crippen LogP contribution in [0.1, 0.15) is 0 Å². The maximum absolute atomic E-state index is 6.74. The Labute approximate surface area is 303 Å². The monoisotopic (exact) mass is 682 g/mol. The second-order valence-electron chi connectivity index (χ2n) is 13.3. The molecule has 244 valence electrons. The van der Waals surface area contributed by atoms with Crippen LogP contribution in [0.5, 0.6) is 0 Å². The molecule has 11 rings (SSSR count). The van der Waals surface area contributed by atoms with Crippen molar-refractivity contribution in [3.05, 3.63) is 182 Å². The van der Waals surface area contributed by atoms with E-state index in [2.05, 4.69) is 191 Å². The van der Waals surface area contributed by atoms with Gasteiger partial charge in [0.25, 0.3) is 0 Å². The van der Waals surface area contributed by atoms with Crippen LogP contribution in [0.15, 0.2) is 186 Å². The second kappa shape index (κ2) is 11.5. The molecule has 0 aliphatic carbocycles. The lowest BCUT2D eigenvalue weighted by Crippen LogP contribution is -2.11. The molecule has 0 spiro atoms. The summed E-state index contributed by atoms with van der Waals surface area (Å²) in [5.41, 5.74) is 10.7. The van der Waals surface area contributed by atoms with Crippen molar-refractivity contribution in [3.8, 4) is 16.8 Å². The Morgan fingerprint density at radius 2 is 1.08 bits per heavy atom. The Morgan fingerprint density at radius 1 is 0.442 bits per heavy atom. The molecule has 11 aromatic rings. The minimum atomic E-state index is 0.869. The van der Waals surface area contributed by atoms with Crippen LogP contribution in [0.4, 0.5) is 17.1 Å². The summed E-state index contributed by atoms with van der Waals surface area (Å²) < 4.78 is 11.7. The molecule has 3 aromatic heterocycles. The zero-order valence-electron chi connectivity index (χ0n) is 28.0. The fourth-order valence-corrected chi connectivity index (χ4v) is 9.22. The van der Waals surface area contributed by atoms with Crippen LogP contribution in [-0.2, 0) is 0 Å². The van der Waals surface area contributed by atoms with E-state index in [4.69, 9.17) is 4.42 Å². The second-order valence-corrected chi connectivity index (χ2v) is 14.4. The zero-order chi connectivity index (χ0) is 34.2. The van der Waals surface area contributed by atoms with E-state index in [1.54, 1.807) is 0 Å². The Bertz CT molecular complexity index is 3120. The molecule has 3 nitrogen and oxygen atoms in total. The van der Waals surface area contributed by atoms with Gasteiger partial charge in [-0.2, -0.15) is 0 Å². The molecule has 0 aliphatic rings. The molecule has 52 heavy (non-hydrogen) atoms. The maximum Gasteiger partial charge on any atom is 0.138 e. The molecule has 0 bridgehead atoms. The van der Waals surface area contributed by atoms with E-state index in [9.17, 15) is 0 Å². The van der Waals surface area contributed by atoms with Crippen LogP contribution in [0.2, 0.25) is 0 Å². The molecule has 0 aliphatic heterocycles. The van der Waals surface area contributed by atoms with Gasteiger partial charge in [-0.05, 0) is 65.7 Å². The molecule has 0 saturated heterocycles. The van der Waals surface area contributed by atoms with Crippen molar-refractivity contribution in [1.29, 1.82) is 0 Å². The van der Waals surface area contributed by atoms with Gasteiger partial charge >= 0.3 is 0 Å². The number of hydrogen-bond acceptors (Lipinski definition) is 3. The summed E-state index contributed by atoms with van der Waals surface area (Å²) in [5.74, 6) is 0. The molecule has 8 aromatic carbocycles.